The molecule has 1 atom stereocenters. The highest BCUT2D eigenvalue weighted by Crippen LogP contribution is 2.35. The number of esters is 1. The zero-order valence-corrected chi connectivity index (χ0v) is 19.0. The first kappa shape index (κ1) is 22.4. The van der Waals surface area contributed by atoms with Gasteiger partial charge in [-0.05, 0) is 64.7 Å². The molecule has 8 heteroatoms. The summed E-state index contributed by atoms with van der Waals surface area (Å²) in [7, 11) is 0. The Labute approximate surface area is 182 Å². The second-order valence-corrected chi connectivity index (χ2v) is 9.14. The van der Waals surface area contributed by atoms with E-state index in [-0.39, 0.29) is 18.0 Å². The lowest BCUT2D eigenvalue weighted by atomic mass is 9.83. The molecule has 0 saturated carbocycles. The number of aromatic nitrogens is 2. The zero-order valence-electron chi connectivity index (χ0n) is 18.3. The highest BCUT2D eigenvalue weighted by Gasteiger charge is 2.31. The summed E-state index contributed by atoms with van der Waals surface area (Å²) in [6.45, 7) is 11.1. The van der Waals surface area contributed by atoms with Gasteiger partial charge in [0, 0.05) is 24.7 Å². The van der Waals surface area contributed by atoms with Crippen LogP contribution in [0.4, 0.5) is 4.79 Å². The fraction of sp³-hybridized carbons (Fsp3) is 0.591. The van der Waals surface area contributed by atoms with Crippen LogP contribution in [0.25, 0.3) is 5.52 Å². The molecule has 0 aromatic carbocycles. The van der Waals surface area contributed by atoms with Crippen molar-refractivity contribution in [1.29, 1.82) is 0 Å². The molecule has 0 aliphatic carbocycles. The van der Waals surface area contributed by atoms with Gasteiger partial charge in [-0.15, -0.1) is 0 Å². The predicted octanol–water partition coefficient (Wildman–Crippen LogP) is 4.92. The van der Waals surface area contributed by atoms with Gasteiger partial charge in [0.2, 0.25) is 0 Å². The molecule has 2 aromatic heterocycles. The van der Waals surface area contributed by atoms with E-state index < -0.39 is 5.60 Å². The molecule has 0 bridgehead atoms. The SMILES string of the molecule is CCOC(=O)c1cc(C(C)C2CCN(C(=O)OC(C)(C)C)CC2)n2nc(Cl)ccc12. The van der Waals surface area contributed by atoms with E-state index in [2.05, 4.69) is 12.0 Å². The van der Waals surface area contributed by atoms with Crippen LogP contribution in [0, 0.1) is 5.92 Å². The molecule has 1 aliphatic heterocycles. The van der Waals surface area contributed by atoms with Crippen LogP contribution in [-0.2, 0) is 9.47 Å². The third-order valence-corrected chi connectivity index (χ3v) is 5.68. The first-order valence-electron chi connectivity index (χ1n) is 10.4. The van der Waals surface area contributed by atoms with E-state index >= 15 is 0 Å². The summed E-state index contributed by atoms with van der Waals surface area (Å²) in [4.78, 5) is 26.5. The first-order chi connectivity index (χ1) is 14.1. The van der Waals surface area contributed by atoms with E-state index in [9.17, 15) is 9.59 Å². The number of carbonyl (C=O) groups excluding carboxylic acids is 2. The van der Waals surface area contributed by atoms with Gasteiger partial charge in [-0.3, -0.25) is 0 Å². The summed E-state index contributed by atoms with van der Waals surface area (Å²) < 4.78 is 12.5. The van der Waals surface area contributed by atoms with Crippen molar-refractivity contribution < 1.29 is 19.1 Å². The van der Waals surface area contributed by atoms with E-state index in [0.717, 1.165) is 18.5 Å². The van der Waals surface area contributed by atoms with Gasteiger partial charge in [0.1, 0.15) is 10.8 Å². The largest absolute Gasteiger partial charge is 0.462 e. The number of halogens is 1. The second-order valence-electron chi connectivity index (χ2n) is 8.75. The van der Waals surface area contributed by atoms with Crippen LogP contribution in [0.15, 0.2) is 18.2 Å². The Morgan fingerprint density at radius 1 is 1.27 bits per heavy atom. The van der Waals surface area contributed by atoms with E-state index in [1.807, 2.05) is 26.8 Å². The molecule has 1 amide bonds. The Bertz CT molecular complexity index is 926. The maximum absolute atomic E-state index is 12.4. The Balaban J connectivity index is 1.79. The Kier molecular flexibility index (Phi) is 6.60. The lowest BCUT2D eigenvalue weighted by Crippen LogP contribution is -2.42. The number of nitrogens with zero attached hydrogens (tertiary/aromatic N) is 3. The number of piperidine rings is 1. The Morgan fingerprint density at radius 3 is 2.53 bits per heavy atom. The van der Waals surface area contributed by atoms with Crippen LogP contribution in [0.3, 0.4) is 0 Å². The highest BCUT2D eigenvalue weighted by molar-refractivity contribution is 6.29. The highest BCUT2D eigenvalue weighted by atomic mass is 35.5. The number of fused-ring (bicyclic) bond motifs is 1. The average molecular weight is 436 g/mol. The van der Waals surface area contributed by atoms with Crippen molar-refractivity contribution in [2.24, 2.45) is 5.92 Å². The number of carbonyl (C=O) groups is 2. The maximum atomic E-state index is 12.4. The fourth-order valence-electron chi connectivity index (χ4n) is 3.93. The number of hydrogen-bond acceptors (Lipinski definition) is 5. The average Bonchev–Trinajstić information content (AvgIpc) is 3.05. The van der Waals surface area contributed by atoms with E-state index in [1.165, 1.54) is 0 Å². The van der Waals surface area contributed by atoms with Gasteiger partial charge in [0.25, 0.3) is 0 Å². The van der Waals surface area contributed by atoms with Gasteiger partial charge in [0.15, 0.2) is 0 Å². The first-order valence-corrected chi connectivity index (χ1v) is 10.8. The standard InChI is InChI=1S/C22H30ClN3O4/c1-6-29-20(27)16-13-18(26-17(16)7-8-19(23)24-26)14(2)15-9-11-25(12-10-15)21(28)30-22(3,4)5/h7-8,13-15H,6,9-12H2,1-5H3. The summed E-state index contributed by atoms with van der Waals surface area (Å²) in [5, 5.41) is 4.79. The lowest BCUT2D eigenvalue weighted by molar-refractivity contribution is 0.0175. The van der Waals surface area contributed by atoms with Crippen molar-refractivity contribution in [1.82, 2.24) is 14.5 Å². The van der Waals surface area contributed by atoms with Crippen molar-refractivity contribution in [3.63, 3.8) is 0 Å². The van der Waals surface area contributed by atoms with E-state index in [4.69, 9.17) is 21.1 Å². The molecule has 164 valence electrons. The third-order valence-electron chi connectivity index (χ3n) is 5.48. The predicted molar refractivity (Wildman–Crippen MR) is 115 cm³/mol. The van der Waals surface area contributed by atoms with Gasteiger partial charge in [-0.1, -0.05) is 18.5 Å². The minimum absolute atomic E-state index is 0.132. The van der Waals surface area contributed by atoms with Crippen molar-refractivity contribution in [3.05, 3.63) is 34.6 Å². The number of ether oxygens (including phenoxy) is 2. The van der Waals surface area contributed by atoms with Crippen LogP contribution >= 0.6 is 11.6 Å². The van der Waals surface area contributed by atoms with Crippen molar-refractivity contribution >= 4 is 29.2 Å². The van der Waals surface area contributed by atoms with Crippen LogP contribution in [0.5, 0.6) is 0 Å². The van der Waals surface area contributed by atoms with Crippen molar-refractivity contribution in [2.45, 2.75) is 59.0 Å². The molecule has 30 heavy (non-hydrogen) atoms. The van der Waals surface area contributed by atoms with Crippen LogP contribution in [0.2, 0.25) is 5.15 Å². The fourth-order valence-corrected chi connectivity index (χ4v) is 4.07. The second kappa shape index (κ2) is 8.84. The summed E-state index contributed by atoms with van der Waals surface area (Å²) in [6.07, 6.45) is 1.44. The molecule has 0 radical (unpaired) electrons. The molecule has 1 fully saturated rings. The number of rotatable bonds is 4. The molecule has 3 rings (SSSR count). The van der Waals surface area contributed by atoms with Crippen LogP contribution in [0.1, 0.15) is 69.4 Å². The summed E-state index contributed by atoms with van der Waals surface area (Å²) >= 11 is 6.13. The molecule has 1 unspecified atom stereocenters. The third kappa shape index (κ3) is 4.89. The number of hydrogen-bond donors (Lipinski definition) is 0. The smallest absolute Gasteiger partial charge is 0.410 e. The minimum Gasteiger partial charge on any atom is -0.462 e. The van der Waals surface area contributed by atoms with Crippen molar-refractivity contribution in [3.8, 4) is 0 Å². The molecular formula is C22H30ClN3O4. The molecule has 0 spiro atoms. The minimum atomic E-state index is -0.500. The Morgan fingerprint density at radius 2 is 1.93 bits per heavy atom. The van der Waals surface area contributed by atoms with Crippen LogP contribution < -0.4 is 0 Å². The molecule has 7 nitrogen and oxygen atoms in total. The van der Waals surface area contributed by atoms with Gasteiger partial charge in [-0.25, -0.2) is 14.1 Å². The monoisotopic (exact) mass is 435 g/mol. The topological polar surface area (TPSA) is 73.1 Å². The van der Waals surface area contributed by atoms with Gasteiger partial charge < -0.3 is 14.4 Å². The molecule has 3 heterocycles. The Hall–Kier alpha value is -2.28. The van der Waals surface area contributed by atoms with Gasteiger partial charge in [0.05, 0.1) is 17.7 Å². The van der Waals surface area contributed by atoms with Gasteiger partial charge in [-0.2, -0.15) is 5.10 Å². The molecule has 1 saturated heterocycles. The molecule has 1 aliphatic rings. The summed E-state index contributed by atoms with van der Waals surface area (Å²) in [5.74, 6) is 0.113. The summed E-state index contributed by atoms with van der Waals surface area (Å²) in [6, 6.07) is 5.33. The van der Waals surface area contributed by atoms with Crippen molar-refractivity contribution in [2.75, 3.05) is 19.7 Å². The molecule has 2 aromatic rings. The van der Waals surface area contributed by atoms with Gasteiger partial charge >= 0.3 is 12.1 Å². The molecular weight excluding hydrogens is 406 g/mol. The number of amides is 1. The van der Waals surface area contributed by atoms with Crippen LogP contribution in [-0.4, -0.2) is 51.9 Å². The number of likely N-dealkylation sites (tertiary alicyclic amines) is 1. The van der Waals surface area contributed by atoms with E-state index in [1.54, 1.807) is 28.5 Å². The lowest BCUT2D eigenvalue weighted by Gasteiger charge is -2.35. The maximum Gasteiger partial charge on any atom is 0.410 e. The molecule has 0 N–H and O–H groups in total. The zero-order chi connectivity index (χ0) is 22.1. The summed E-state index contributed by atoms with van der Waals surface area (Å²) in [5.41, 5.74) is 1.60. The van der Waals surface area contributed by atoms with E-state index in [0.29, 0.717) is 41.8 Å². The normalized spacial score (nSPS) is 16.5. The quantitative estimate of drug-likeness (QED) is 0.637.